The van der Waals surface area contributed by atoms with Gasteiger partial charge in [0, 0.05) is 13.1 Å². The monoisotopic (exact) mass is 517 g/mol. The zero-order valence-corrected chi connectivity index (χ0v) is 21.8. The number of aromatic nitrogens is 3. The highest BCUT2D eigenvalue weighted by Crippen LogP contribution is 2.26. The highest BCUT2D eigenvalue weighted by atomic mass is 19.1. The van der Waals surface area contributed by atoms with Gasteiger partial charge in [-0.25, -0.2) is 9.07 Å². The van der Waals surface area contributed by atoms with Gasteiger partial charge in [-0.2, -0.15) is 0 Å². The Morgan fingerprint density at radius 3 is 2.42 bits per heavy atom. The Morgan fingerprint density at radius 2 is 1.74 bits per heavy atom. The van der Waals surface area contributed by atoms with E-state index in [9.17, 15) is 14.0 Å². The first-order valence-corrected chi connectivity index (χ1v) is 12.6. The van der Waals surface area contributed by atoms with Gasteiger partial charge in [0.25, 0.3) is 0 Å². The number of halogens is 1. The van der Waals surface area contributed by atoms with Crippen molar-refractivity contribution in [1.29, 1.82) is 0 Å². The van der Waals surface area contributed by atoms with Crippen molar-refractivity contribution in [2.45, 2.75) is 39.4 Å². The Balaban J connectivity index is 1.71. The predicted molar refractivity (Wildman–Crippen MR) is 143 cm³/mol. The summed E-state index contributed by atoms with van der Waals surface area (Å²) in [6, 6.07) is 19.4. The highest BCUT2D eigenvalue weighted by Gasteiger charge is 2.32. The van der Waals surface area contributed by atoms with Gasteiger partial charge in [0.1, 0.15) is 29.7 Å². The van der Waals surface area contributed by atoms with Gasteiger partial charge in [-0.15, -0.1) is 5.10 Å². The van der Waals surface area contributed by atoms with Crippen molar-refractivity contribution >= 4 is 22.8 Å². The smallest absolute Gasteiger partial charge is 0.247 e. The number of carbonyl (C=O) groups is 2. The molecule has 0 saturated carbocycles. The van der Waals surface area contributed by atoms with Crippen molar-refractivity contribution in [3.05, 3.63) is 89.7 Å². The van der Waals surface area contributed by atoms with Gasteiger partial charge < -0.3 is 15.0 Å². The molecule has 0 radical (unpaired) electrons. The second-order valence-corrected chi connectivity index (χ2v) is 9.53. The number of hydrogen-bond donors (Lipinski definition) is 1. The van der Waals surface area contributed by atoms with E-state index >= 15 is 0 Å². The number of ether oxygens (including phenoxy) is 1. The third-order valence-corrected chi connectivity index (χ3v) is 6.30. The Labute approximate surface area is 221 Å². The molecule has 9 heteroatoms. The minimum Gasteiger partial charge on any atom is -0.497 e. The molecule has 0 saturated heterocycles. The second kappa shape index (κ2) is 12.3. The summed E-state index contributed by atoms with van der Waals surface area (Å²) >= 11 is 0. The van der Waals surface area contributed by atoms with Crippen LogP contribution in [0.2, 0.25) is 0 Å². The van der Waals surface area contributed by atoms with Crippen molar-refractivity contribution in [2.75, 3.05) is 13.7 Å². The molecule has 1 atom stereocenters. The number of hydrogen-bond acceptors (Lipinski definition) is 5. The van der Waals surface area contributed by atoms with Gasteiger partial charge >= 0.3 is 0 Å². The lowest BCUT2D eigenvalue weighted by Crippen LogP contribution is -2.45. The summed E-state index contributed by atoms with van der Waals surface area (Å²) in [7, 11) is 1.58. The zero-order valence-electron chi connectivity index (χ0n) is 21.8. The Morgan fingerprint density at radius 1 is 1.03 bits per heavy atom. The minimum absolute atomic E-state index is 0.117. The molecule has 0 aliphatic heterocycles. The molecule has 0 fully saturated rings. The molecule has 1 N–H and O–H groups in total. The molecule has 198 valence electrons. The number of benzene rings is 3. The van der Waals surface area contributed by atoms with Crippen LogP contribution < -0.4 is 10.1 Å². The third-order valence-electron chi connectivity index (χ3n) is 6.30. The number of methoxy groups -OCH3 is 1. The third kappa shape index (κ3) is 6.53. The largest absolute Gasteiger partial charge is 0.497 e. The van der Waals surface area contributed by atoms with E-state index in [-0.39, 0.29) is 24.9 Å². The summed E-state index contributed by atoms with van der Waals surface area (Å²) in [6.45, 7) is 4.65. The minimum atomic E-state index is -0.979. The van der Waals surface area contributed by atoms with Crippen molar-refractivity contribution < 1.29 is 18.7 Å². The average molecular weight is 518 g/mol. The van der Waals surface area contributed by atoms with Gasteiger partial charge in [0.2, 0.25) is 11.8 Å². The summed E-state index contributed by atoms with van der Waals surface area (Å²) in [5.74, 6) is 0.00151. The zero-order chi connectivity index (χ0) is 27.1. The highest BCUT2D eigenvalue weighted by molar-refractivity contribution is 5.89. The quantitative estimate of drug-likeness (QED) is 0.316. The maximum Gasteiger partial charge on any atom is 0.247 e. The van der Waals surface area contributed by atoms with E-state index in [0.717, 1.165) is 12.0 Å². The van der Waals surface area contributed by atoms with Crippen LogP contribution in [-0.2, 0) is 22.7 Å². The molecule has 0 aliphatic carbocycles. The lowest BCUT2D eigenvalue weighted by atomic mass is 10.0. The van der Waals surface area contributed by atoms with Crippen LogP contribution in [-0.4, -0.2) is 45.4 Å². The fourth-order valence-electron chi connectivity index (χ4n) is 4.20. The van der Waals surface area contributed by atoms with Crippen LogP contribution in [0, 0.1) is 11.7 Å². The molecule has 2 amide bonds. The molecular formula is C29H32FN5O3. The second-order valence-electron chi connectivity index (χ2n) is 9.53. The Hall–Kier alpha value is -4.27. The molecule has 0 aliphatic rings. The van der Waals surface area contributed by atoms with Gasteiger partial charge in [-0.05, 0) is 59.9 Å². The topological polar surface area (TPSA) is 89.3 Å². The fourth-order valence-corrected chi connectivity index (χ4v) is 4.20. The van der Waals surface area contributed by atoms with Gasteiger partial charge in [-0.1, -0.05) is 55.5 Å². The van der Waals surface area contributed by atoms with Gasteiger partial charge in [0.15, 0.2) is 0 Å². The molecule has 0 spiro atoms. The number of para-hydroxylation sites is 1. The first kappa shape index (κ1) is 26.8. The molecular weight excluding hydrogens is 485 g/mol. The Bertz CT molecular complexity index is 1370. The number of nitrogens with zero attached hydrogens (tertiary/aromatic N) is 4. The van der Waals surface area contributed by atoms with Gasteiger partial charge in [0.05, 0.1) is 12.6 Å². The van der Waals surface area contributed by atoms with Crippen molar-refractivity contribution in [2.24, 2.45) is 5.92 Å². The van der Waals surface area contributed by atoms with Crippen LogP contribution in [0.5, 0.6) is 5.75 Å². The lowest BCUT2D eigenvalue weighted by molar-refractivity contribution is -0.142. The predicted octanol–water partition coefficient (Wildman–Crippen LogP) is 4.51. The number of rotatable bonds is 11. The Kier molecular flexibility index (Phi) is 8.68. The van der Waals surface area contributed by atoms with Crippen LogP contribution in [0.4, 0.5) is 4.39 Å². The van der Waals surface area contributed by atoms with E-state index in [4.69, 9.17) is 4.74 Å². The summed E-state index contributed by atoms with van der Waals surface area (Å²) in [5.41, 5.74) is 2.71. The summed E-state index contributed by atoms with van der Waals surface area (Å²) in [6.07, 6.45) is 0.791. The maximum absolute atomic E-state index is 13.9. The molecule has 38 heavy (non-hydrogen) atoms. The van der Waals surface area contributed by atoms with Crippen LogP contribution in [0.3, 0.4) is 0 Å². The van der Waals surface area contributed by atoms with Gasteiger partial charge in [-0.3, -0.25) is 9.59 Å². The van der Waals surface area contributed by atoms with E-state index in [1.807, 2.05) is 36.4 Å². The van der Waals surface area contributed by atoms with Crippen LogP contribution in [0.25, 0.3) is 11.0 Å². The standard InChI is InChI=1S/C29H32FN5O3/c1-20(2)16-17-31-29(37)28(22-10-12-23(30)13-11-22)34(18-21-8-14-24(38-3)15-9-21)27(36)19-35-26-7-5-4-6-25(26)32-33-35/h4-15,20,28H,16-19H2,1-3H3,(H,31,37)/t28-/m1/s1. The van der Waals surface area contributed by atoms with Crippen LogP contribution >= 0.6 is 0 Å². The van der Waals surface area contributed by atoms with E-state index < -0.39 is 11.9 Å². The average Bonchev–Trinajstić information content (AvgIpc) is 3.32. The van der Waals surface area contributed by atoms with E-state index in [1.54, 1.807) is 31.4 Å². The van der Waals surface area contributed by atoms with Crippen molar-refractivity contribution in [3.63, 3.8) is 0 Å². The molecule has 0 unspecified atom stereocenters. The fraction of sp³-hybridized carbons (Fsp3) is 0.310. The molecule has 1 aromatic heterocycles. The molecule has 8 nitrogen and oxygen atoms in total. The molecule has 1 heterocycles. The first-order valence-electron chi connectivity index (χ1n) is 12.6. The lowest BCUT2D eigenvalue weighted by Gasteiger charge is -2.32. The number of amides is 2. The van der Waals surface area contributed by atoms with Crippen molar-refractivity contribution in [3.8, 4) is 5.75 Å². The normalized spacial score (nSPS) is 11.9. The molecule has 0 bridgehead atoms. The maximum atomic E-state index is 13.9. The molecule has 3 aromatic carbocycles. The van der Waals surface area contributed by atoms with Crippen molar-refractivity contribution in [1.82, 2.24) is 25.2 Å². The van der Waals surface area contributed by atoms with E-state index in [0.29, 0.717) is 34.8 Å². The number of carbonyl (C=O) groups excluding carboxylic acids is 2. The molecule has 4 aromatic rings. The summed E-state index contributed by atoms with van der Waals surface area (Å²) in [5, 5.41) is 11.3. The molecule has 4 rings (SSSR count). The van der Waals surface area contributed by atoms with E-state index in [1.165, 1.54) is 21.7 Å². The number of fused-ring (bicyclic) bond motifs is 1. The summed E-state index contributed by atoms with van der Waals surface area (Å²) < 4.78 is 20.6. The SMILES string of the molecule is COc1ccc(CN(C(=O)Cn2nnc3ccccc32)[C@@H](C(=O)NCCC(C)C)c2ccc(F)cc2)cc1. The van der Waals surface area contributed by atoms with Crippen LogP contribution in [0.15, 0.2) is 72.8 Å². The summed E-state index contributed by atoms with van der Waals surface area (Å²) in [4.78, 5) is 29.0. The van der Waals surface area contributed by atoms with Crippen LogP contribution in [0.1, 0.15) is 37.4 Å². The van der Waals surface area contributed by atoms with E-state index in [2.05, 4.69) is 29.5 Å². The first-order chi connectivity index (χ1) is 18.4. The number of nitrogens with one attached hydrogen (secondary N) is 1.